The molecular weight excluding hydrogens is 1610 g/mol. The van der Waals surface area contributed by atoms with E-state index >= 15 is 9.36 Å². The average Bonchev–Trinajstić information content (AvgIpc) is 0.769. The van der Waals surface area contributed by atoms with Gasteiger partial charge in [-0.3, -0.25) is 23.7 Å². The van der Waals surface area contributed by atoms with E-state index < -0.39 is 132 Å². The lowest BCUT2D eigenvalue weighted by atomic mass is 9.96. The summed E-state index contributed by atoms with van der Waals surface area (Å²) >= 11 is 37.4. The van der Waals surface area contributed by atoms with Crippen LogP contribution >= 0.6 is 77.4 Å². The summed E-state index contributed by atoms with van der Waals surface area (Å²) in [5.41, 5.74) is -1.03. The standard InChI is InChI=1S/C86H133Cl6N2O19P/c1-7-11-15-19-23-27-29-33-42-56-71(106-75(96)58-48-35-31-25-21-17-13-9-3)60-74(95)93-68(63-102-62-67-50-40-37-41-51-67)64-103-81-78(94-82(99)105-66-85(87,88)89)80(109-77(98)61-72(57-43-34-30-28-24-20-16-12-8-2)107-76(97)59-49-36-32-26-22-18-14-10-4)79(73(108-81)65-104-83(100)110-84(5,6)86(90,91)92)113-114(101,111-69-52-44-38-45-53-69)112-70-54-46-39-47-55-70/h37-41,44-47,50-55,68,71-73,78-81H,7-36,42-43,48-49,56-66H2,1-6H3,(H,93,95)(H,94,99)/t68-,71+,72+,73+,78+,79+,80+,81?/m0/s1. The molecule has 1 fully saturated rings. The molecule has 0 saturated carbocycles. The van der Waals surface area contributed by atoms with Crippen molar-refractivity contribution in [2.45, 2.75) is 367 Å². The van der Waals surface area contributed by atoms with Crippen LogP contribution in [0.3, 0.4) is 0 Å². The maximum Gasteiger partial charge on any atom is 0.588 e. The van der Waals surface area contributed by atoms with Gasteiger partial charge in [-0.05, 0) is 82.2 Å². The number of ether oxygens (including phenoxy) is 9. The van der Waals surface area contributed by atoms with Crippen molar-refractivity contribution in [1.29, 1.82) is 0 Å². The third kappa shape index (κ3) is 47.3. The quantitative estimate of drug-likeness (QED) is 0.0175. The number of phosphoric acid groups is 1. The Hall–Kier alpha value is -4.51. The molecule has 0 bridgehead atoms. The highest BCUT2D eigenvalue weighted by Gasteiger charge is 2.55. The number of alkyl halides is 6. The molecule has 3 aromatic carbocycles. The van der Waals surface area contributed by atoms with Gasteiger partial charge in [0, 0.05) is 12.8 Å². The molecule has 2 amide bonds. The number of halogens is 6. The summed E-state index contributed by atoms with van der Waals surface area (Å²) in [4.78, 5) is 86.3. The maximum atomic E-state index is 15.9. The zero-order valence-corrected chi connectivity index (χ0v) is 74.0. The number of nitrogens with one attached hydrogen (secondary N) is 2. The minimum Gasteiger partial charge on any atom is -0.462 e. The molecule has 1 saturated heterocycles. The minimum absolute atomic E-state index is 0.0268. The number of hydrogen-bond acceptors (Lipinski definition) is 19. The first kappa shape index (κ1) is 102. The molecule has 0 spiro atoms. The molecule has 648 valence electrons. The smallest absolute Gasteiger partial charge is 0.462 e. The molecular formula is C86H133Cl6N2O19P. The van der Waals surface area contributed by atoms with Crippen molar-refractivity contribution in [2.75, 3.05) is 26.4 Å². The van der Waals surface area contributed by atoms with Gasteiger partial charge >= 0.3 is 38.0 Å². The monoisotopic (exact) mass is 1740 g/mol. The summed E-state index contributed by atoms with van der Waals surface area (Å²) in [6.45, 7) is 8.94. The van der Waals surface area contributed by atoms with Gasteiger partial charge in [-0.15, -0.1) is 0 Å². The van der Waals surface area contributed by atoms with Gasteiger partial charge in [-0.2, -0.15) is 0 Å². The van der Waals surface area contributed by atoms with Gasteiger partial charge < -0.3 is 62.3 Å². The molecule has 4 rings (SSSR count). The number of para-hydroxylation sites is 2. The van der Waals surface area contributed by atoms with Crippen molar-refractivity contribution < 1.29 is 89.5 Å². The predicted octanol–water partition coefficient (Wildman–Crippen LogP) is 24.3. The number of hydrogen-bond donors (Lipinski definition) is 2. The first-order valence-electron chi connectivity index (χ1n) is 42.2. The molecule has 0 aliphatic carbocycles. The van der Waals surface area contributed by atoms with Crippen molar-refractivity contribution in [3.8, 4) is 11.5 Å². The summed E-state index contributed by atoms with van der Waals surface area (Å²) in [6, 6.07) is 22.0. The van der Waals surface area contributed by atoms with E-state index in [1.165, 1.54) is 83.1 Å². The summed E-state index contributed by atoms with van der Waals surface area (Å²) in [6.07, 6.45) is 22.6. The molecule has 0 radical (unpaired) electrons. The zero-order valence-electron chi connectivity index (χ0n) is 68.6. The van der Waals surface area contributed by atoms with Crippen molar-refractivity contribution in [1.82, 2.24) is 10.6 Å². The third-order valence-electron chi connectivity index (χ3n) is 19.5. The van der Waals surface area contributed by atoms with E-state index in [4.69, 9.17) is 126 Å². The van der Waals surface area contributed by atoms with Crippen LogP contribution in [-0.4, -0.2) is 125 Å². The topological polar surface area (TPSA) is 254 Å². The molecule has 114 heavy (non-hydrogen) atoms. The lowest BCUT2D eigenvalue weighted by molar-refractivity contribution is -0.272. The highest BCUT2D eigenvalue weighted by molar-refractivity contribution is 7.49. The van der Waals surface area contributed by atoms with Crippen LogP contribution in [0.1, 0.15) is 304 Å². The van der Waals surface area contributed by atoms with Gasteiger partial charge in [-0.1, -0.05) is 357 Å². The van der Waals surface area contributed by atoms with E-state index in [1.54, 1.807) is 36.4 Å². The summed E-state index contributed by atoms with van der Waals surface area (Å²) in [5.74, 6) is -2.50. The number of amides is 2. The van der Waals surface area contributed by atoms with Crippen molar-refractivity contribution in [3.63, 3.8) is 0 Å². The fourth-order valence-electron chi connectivity index (χ4n) is 13.0. The normalized spacial score (nSPS) is 16.7. The Morgan fingerprint density at radius 1 is 0.500 bits per heavy atom. The fraction of sp³-hybridized carbons (Fsp3) is 0.721. The SMILES string of the molecule is CCCCCCCCCCC[C@H](CC(=O)N[C@@H](COCc1ccccc1)COC1O[C@H](COC(=O)OC(C)(C)C(Cl)(Cl)Cl)[C@@H](OP(=O)(Oc2ccccc2)Oc2ccccc2)[C@H](OC(=O)C[C@@H](CCCCCCCCCCC)OC(=O)CCCCCCCCCC)[C@H]1NC(=O)OCC(Cl)(Cl)Cl)OC(=O)CCCCCCCCCC. The number of rotatable bonds is 64. The zero-order chi connectivity index (χ0) is 83.1. The third-order valence-corrected chi connectivity index (χ3v) is 22.6. The second kappa shape index (κ2) is 60.0. The van der Waals surface area contributed by atoms with Crippen LogP contribution in [0, 0.1) is 0 Å². The van der Waals surface area contributed by atoms with Gasteiger partial charge in [0.25, 0.3) is 0 Å². The number of benzene rings is 3. The van der Waals surface area contributed by atoms with E-state index in [-0.39, 0.29) is 50.4 Å². The molecule has 1 aliphatic rings. The number of carbonyl (C=O) groups is 6. The molecule has 3 aromatic rings. The lowest BCUT2D eigenvalue weighted by Crippen LogP contribution is -2.67. The largest absolute Gasteiger partial charge is 0.588 e. The Balaban J connectivity index is 1.90. The van der Waals surface area contributed by atoms with Gasteiger partial charge in [0.1, 0.15) is 55.2 Å². The summed E-state index contributed by atoms with van der Waals surface area (Å²) in [5, 5.41) is 5.69. The lowest BCUT2D eigenvalue weighted by Gasteiger charge is -2.45. The maximum absolute atomic E-state index is 15.9. The Morgan fingerprint density at radius 2 is 0.921 bits per heavy atom. The second-order valence-electron chi connectivity index (χ2n) is 30.3. The van der Waals surface area contributed by atoms with E-state index in [1.807, 2.05) is 30.3 Å². The number of alkyl carbamates (subject to hydrolysis) is 1. The van der Waals surface area contributed by atoms with Crippen LogP contribution in [0.5, 0.6) is 11.5 Å². The van der Waals surface area contributed by atoms with Crippen LogP contribution < -0.4 is 19.7 Å². The summed E-state index contributed by atoms with van der Waals surface area (Å²) in [7, 11) is -5.21. The van der Waals surface area contributed by atoms with Gasteiger partial charge in [-0.25, -0.2) is 14.2 Å². The Kier molecular flexibility index (Phi) is 53.6. The van der Waals surface area contributed by atoms with Crippen LogP contribution in [0.4, 0.5) is 9.59 Å². The van der Waals surface area contributed by atoms with Crippen LogP contribution in [-0.2, 0) is 77.5 Å². The van der Waals surface area contributed by atoms with Crippen LogP contribution in [0.25, 0.3) is 0 Å². The number of phosphoric ester groups is 1. The van der Waals surface area contributed by atoms with Gasteiger partial charge in [0.05, 0.1) is 38.7 Å². The second-order valence-corrected chi connectivity index (χ2v) is 36.5. The van der Waals surface area contributed by atoms with Crippen LogP contribution in [0.15, 0.2) is 91.0 Å². The molecule has 0 aromatic heterocycles. The molecule has 1 aliphatic heterocycles. The average molecular weight is 1740 g/mol. The van der Waals surface area contributed by atoms with Crippen molar-refractivity contribution >= 4 is 113 Å². The minimum atomic E-state index is -5.21. The molecule has 21 nitrogen and oxygen atoms in total. The molecule has 2 N–H and O–H groups in total. The molecule has 1 heterocycles. The molecule has 8 atom stereocenters. The molecule has 1 unspecified atom stereocenters. The van der Waals surface area contributed by atoms with E-state index in [9.17, 15) is 24.0 Å². The first-order valence-corrected chi connectivity index (χ1v) is 45.9. The highest BCUT2D eigenvalue weighted by atomic mass is 35.6. The number of esters is 3. The molecule has 28 heteroatoms. The number of carbonyl (C=O) groups excluding carboxylic acids is 6. The first-order chi connectivity index (χ1) is 54.7. The predicted molar refractivity (Wildman–Crippen MR) is 452 cm³/mol. The highest BCUT2D eigenvalue weighted by Crippen LogP contribution is 2.53. The van der Waals surface area contributed by atoms with Gasteiger partial charge in [0.15, 0.2) is 18.0 Å². The Bertz CT molecular complexity index is 3060. The fourth-order valence-corrected chi connectivity index (χ4v) is 14.7. The van der Waals surface area contributed by atoms with Gasteiger partial charge in [0.2, 0.25) is 13.5 Å². The Labute approximate surface area is 710 Å². The summed E-state index contributed by atoms with van der Waals surface area (Å²) < 4.78 is 86.1. The van der Waals surface area contributed by atoms with E-state index in [0.29, 0.717) is 32.1 Å². The Morgan fingerprint density at radius 3 is 1.36 bits per heavy atom. The van der Waals surface area contributed by atoms with Crippen molar-refractivity contribution in [2.24, 2.45) is 0 Å². The van der Waals surface area contributed by atoms with Crippen molar-refractivity contribution in [3.05, 3.63) is 96.6 Å². The number of unbranched alkanes of at least 4 members (excludes halogenated alkanes) is 30. The van der Waals surface area contributed by atoms with E-state index in [0.717, 1.165) is 153 Å². The van der Waals surface area contributed by atoms with E-state index in [2.05, 4.69) is 38.3 Å². The van der Waals surface area contributed by atoms with Crippen LogP contribution in [0.2, 0.25) is 0 Å².